The fourth-order valence-corrected chi connectivity index (χ4v) is 4.85. The summed E-state index contributed by atoms with van der Waals surface area (Å²) < 4.78 is 5.50. The molecule has 1 aromatic heterocycles. The average Bonchev–Trinajstić information content (AvgIpc) is 3.25. The third kappa shape index (κ3) is 3.01. The molecule has 5 heteroatoms. The van der Waals surface area contributed by atoms with Gasteiger partial charge in [-0.15, -0.1) is 0 Å². The Bertz CT molecular complexity index is 824. The first-order chi connectivity index (χ1) is 13.2. The van der Waals surface area contributed by atoms with Gasteiger partial charge in [0.05, 0.1) is 12.0 Å². The molecule has 3 atom stereocenters. The summed E-state index contributed by atoms with van der Waals surface area (Å²) in [4.78, 5) is 32.2. The van der Waals surface area contributed by atoms with Crippen LogP contribution in [0.5, 0.6) is 0 Å². The van der Waals surface area contributed by atoms with E-state index < -0.39 is 5.41 Å². The molecule has 2 aliphatic heterocycles. The van der Waals surface area contributed by atoms with Gasteiger partial charge >= 0.3 is 5.97 Å². The van der Waals surface area contributed by atoms with Crippen LogP contribution in [-0.4, -0.2) is 40.5 Å². The van der Waals surface area contributed by atoms with Gasteiger partial charge in [0.1, 0.15) is 0 Å². The van der Waals surface area contributed by atoms with E-state index in [1.165, 1.54) is 0 Å². The van der Waals surface area contributed by atoms with Gasteiger partial charge < -0.3 is 9.64 Å². The van der Waals surface area contributed by atoms with Crippen molar-refractivity contribution in [2.24, 2.45) is 5.41 Å². The zero-order valence-corrected chi connectivity index (χ0v) is 15.5. The van der Waals surface area contributed by atoms with Crippen molar-refractivity contribution in [3.8, 4) is 0 Å². The summed E-state index contributed by atoms with van der Waals surface area (Å²) in [5, 5.41) is 0. The van der Waals surface area contributed by atoms with E-state index >= 15 is 0 Å². The SMILES string of the molecule is CCOC(=O)[C@@]1(Cc2ccccc2)C[C@H]2CC[C@@H]1N2C(=O)c1ccncc1. The first-order valence-corrected chi connectivity index (χ1v) is 9.59. The Hall–Kier alpha value is -2.69. The Kier molecular flexibility index (Phi) is 4.68. The number of carbonyl (C=O) groups is 2. The van der Waals surface area contributed by atoms with Gasteiger partial charge in [-0.3, -0.25) is 14.6 Å². The Morgan fingerprint density at radius 3 is 2.59 bits per heavy atom. The van der Waals surface area contributed by atoms with Crippen LogP contribution in [0, 0.1) is 5.41 Å². The van der Waals surface area contributed by atoms with Crippen molar-refractivity contribution in [2.75, 3.05) is 6.61 Å². The lowest BCUT2D eigenvalue weighted by Crippen LogP contribution is -2.47. The molecular formula is C22H24N2O3. The van der Waals surface area contributed by atoms with Crippen molar-refractivity contribution >= 4 is 11.9 Å². The number of pyridine rings is 1. The smallest absolute Gasteiger partial charge is 0.314 e. The molecular weight excluding hydrogens is 340 g/mol. The monoisotopic (exact) mass is 364 g/mol. The highest BCUT2D eigenvalue weighted by molar-refractivity contribution is 5.96. The van der Waals surface area contributed by atoms with Gasteiger partial charge in [0.25, 0.3) is 5.91 Å². The number of hydrogen-bond donors (Lipinski definition) is 0. The number of fused-ring (bicyclic) bond motifs is 2. The lowest BCUT2D eigenvalue weighted by Gasteiger charge is -2.35. The second kappa shape index (κ2) is 7.14. The van der Waals surface area contributed by atoms with Gasteiger partial charge in [0, 0.05) is 30.0 Å². The van der Waals surface area contributed by atoms with Crippen molar-refractivity contribution in [3.05, 3.63) is 66.0 Å². The van der Waals surface area contributed by atoms with E-state index in [2.05, 4.69) is 4.98 Å². The maximum atomic E-state index is 13.2. The molecule has 2 saturated heterocycles. The molecule has 2 fully saturated rings. The standard InChI is InChI=1S/C22H24N2O3/c1-2-27-21(26)22(14-16-6-4-3-5-7-16)15-18-8-9-19(22)24(18)20(25)17-10-12-23-13-11-17/h3-7,10-13,18-19H,2,8-9,14-15H2,1H3/t18-,19+,22+/m1/s1. The number of carbonyl (C=O) groups excluding carboxylic acids is 2. The zero-order valence-electron chi connectivity index (χ0n) is 15.5. The van der Waals surface area contributed by atoms with Gasteiger partial charge in [0.2, 0.25) is 0 Å². The second-order valence-electron chi connectivity index (χ2n) is 7.44. The van der Waals surface area contributed by atoms with E-state index in [0.29, 0.717) is 25.0 Å². The van der Waals surface area contributed by atoms with Crippen LogP contribution >= 0.6 is 0 Å². The van der Waals surface area contributed by atoms with Crippen molar-refractivity contribution in [2.45, 2.75) is 44.7 Å². The summed E-state index contributed by atoms with van der Waals surface area (Å²) in [7, 11) is 0. The Balaban J connectivity index is 1.69. The van der Waals surface area contributed by atoms with Crippen LogP contribution in [0.2, 0.25) is 0 Å². The molecule has 0 unspecified atom stereocenters. The maximum Gasteiger partial charge on any atom is 0.314 e. The summed E-state index contributed by atoms with van der Waals surface area (Å²) in [6, 6.07) is 13.5. The highest BCUT2D eigenvalue weighted by atomic mass is 16.5. The minimum Gasteiger partial charge on any atom is -0.465 e. The first kappa shape index (κ1) is 17.7. The summed E-state index contributed by atoms with van der Waals surface area (Å²) in [5.74, 6) is -0.183. The van der Waals surface area contributed by atoms with Crippen LogP contribution in [-0.2, 0) is 16.0 Å². The van der Waals surface area contributed by atoms with E-state index in [4.69, 9.17) is 4.74 Å². The maximum absolute atomic E-state index is 13.2. The lowest BCUT2D eigenvalue weighted by molar-refractivity contribution is -0.157. The second-order valence-corrected chi connectivity index (χ2v) is 7.44. The van der Waals surface area contributed by atoms with Crippen molar-refractivity contribution in [1.82, 2.24) is 9.88 Å². The quantitative estimate of drug-likeness (QED) is 0.764. The van der Waals surface area contributed by atoms with Crippen molar-refractivity contribution in [1.29, 1.82) is 0 Å². The Morgan fingerprint density at radius 2 is 1.89 bits per heavy atom. The number of rotatable bonds is 5. The first-order valence-electron chi connectivity index (χ1n) is 9.59. The van der Waals surface area contributed by atoms with Crippen LogP contribution in [0.25, 0.3) is 0 Å². The number of esters is 1. The van der Waals surface area contributed by atoms with Gasteiger partial charge in [0.15, 0.2) is 0 Å². The molecule has 2 aromatic rings. The molecule has 0 radical (unpaired) electrons. The normalized spacial score (nSPS) is 26.2. The van der Waals surface area contributed by atoms with Crippen molar-refractivity contribution in [3.63, 3.8) is 0 Å². The molecule has 2 bridgehead atoms. The fraction of sp³-hybridized carbons (Fsp3) is 0.409. The molecule has 0 spiro atoms. The minimum absolute atomic E-state index is 0.0101. The van der Waals surface area contributed by atoms with E-state index in [1.807, 2.05) is 42.2 Å². The molecule has 0 saturated carbocycles. The molecule has 4 rings (SSSR count). The average molecular weight is 364 g/mol. The molecule has 2 aliphatic rings. The summed E-state index contributed by atoms with van der Waals surface area (Å²) in [6.45, 7) is 2.19. The summed E-state index contributed by atoms with van der Waals surface area (Å²) in [6.07, 6.45) is 6.32. The summed E-state index contributed by atoms with van der Waals surface area (Å²) in [5.41, 5.74) is 1.07. The third-order valence-corrected chi connectivity index (χ3v) is 5.95. The van der Waals surface area contributed by atoms with E-state index in [-0.39, 0.29) is 24.0 Å². The van der Waals surface area contributed by atoms with Crippen LogP contribution in [0.4, 0.5) is 0 Å². The number of nitrogens with zero attached hydrogens (tertiary/aromatic N) is 2. The largest absolute Gasteiger partial charge is 0.465 e. The van der Waals surface area contributed by atoms with Gasteiger partial charge in [-0.25, -0.2) is 0 Å². The van der Waals surface area contributed by atoms with E-state index in [0.717, 1.165) is 18.4 Å². The van der Waals surface area contributed by atoms with E-state index in [1.54, 1.807) is 24.5 Å². The molecule has 0 N–H and O–H groups in total. The highest BCUT2D eigenvalue weighted by Crippen LogP contribution is 2.52. The minimum atomic E-state index is -0.664. The Morgan fingerprint density at radius 1 is 1.15 bits per heavy atom. The van der Waals surface area contributed by atoms with Crippen molar-refractivity contribution < 1.29 is 14.3 Å². The topological polar surface area (TPSA) is 59.5 Å². The number of ether oxygens (including phenoxy) is 1. The third-order valence-electron chi connectivity index (χ3n) is 5.95. The molecule has 140 valence electrons. The molecule has 5 nitrogen and oxygen atoms in total. The predicted octanol–water partition coefficient (Wildman–Crippen LogP) is 3.25. The number of amides is 1. The number of aromatic nitrogens is 1. The highest BCUT2D eigenvalue weighted by Gasteiger charge is 2.61. The number of benzene rings is 1. The molecule has 1 amide bonds. The predicted molar refractivity (Wildman–Crippen MR) is 101 cm³/mol. The molecule has 1 aromatic carbocycles. The zero-order chi connectivity index (χ0) is 18.9. The van der Waals surface area contributed by atoms with Crippen LogP contribution in [0.15, 0.2) is 54.9 Å². The molecule has 27 heavy (non-hydrogen) atoms. The van der Waals surface area contributed by atoms with Crippen LogP contribution < -0.4 is 0 Å². The van der Waals surface area contributed by atoms with E-state index in [9.17, 15) is 9.59 Å². The fourth-order valence-electron chi connectivity index (χ4n) is 4.85. The molecule has 0 aliphatic carbocycles. The lowest BCUT2D eigenvalue weighted by atomic mass is 9.70. The molecule has 3 heterocycles. The van der Waals surface area contributed by atoms with Crippen LogP contribution in [0.3, 0.4) is 0 Å². The van der Waals surface area contributed by atoms with Gasteiger partial charge in [-0.1, -0.05) is 30.3 Å². The summed E-state index contributed by atoms with van der Waals surface area (Å²) >= 11 is 0. The number of hydrogen-bond acceptors (Lipinski definition) is 4. The van der Waals surface area contributed by atoms with Gasteiger partial charge in [-0.05, 0) is 50.3 Å². The van der Waals surface area contributed by atoms with Crippen LogP contribution in [0.1, 0.15) is 42.1 Å². The Labute approximate surface area is 159 Å². The van der Waals surface area contributed by atoms with Gasteiger partial charge in [-0.2, -0.15) is 0 Å².